The second-order valence-corrected chi connectivity index (χ2v) is 6.46. The lowest BCUT2D eigenvalue weighted by Crippen LogP contribution is -1.94. The minimum atomic E-state index is -0.553. The molecule has 0 N–H and O–H groups in total. The van der Waals surface area contributed by atoms with Crippen LogP contribution in [0.4, 0.5) is 0 Å². The lowest BCUT2D eigenvalue weighted by molar-refractivity contribution is 0.500. The first-order chi connectivity index (χ1) is 12.2. The quantitative estimate of drug-likeness (QED) is 0.302. The maximum Gasteiger partial charge on any atom is 0.347 e. The molecule has 3 nitrogen and oxygen atoms in total. The standard InChI is InChI=1S/C22H10O3/c23-21-19-15-7-3-5-11-8-9-14-13-6-2-1-4-12(13)10-16(18(14)17(11)15)20(19)22(24)25-21/h1-10H. The number of fused-ring (bicyclic) bond motifs is 5. The fourth-order valence-electron chi connectivity index (χ4n) is 4.26. The Kier molecular flexibility index (Phi) is 2.13. The lowest BCUT2D eigenvalue weighted by Gasteiger charge is -2.13. The van der Waals surface area contributed by atoms with Gasteiger partial charge in [-0.2, -0.15) is 0 Å². The maximum absolute atomic E-state index is 12.4. The molecule has 1 aromatic heterocycles. The SMILES string of the molecule is O=c1oc(=O)c2c3cc4ccccc4c4ccc5cccc(c12)c5c43. The van der Waals surface area contributed by atoms with Crippen molar-refractivity contribution < 1.29 is 4.42 Å². The highest BCUT2D eigenvalue weighted by molar-refractivity contribution is 6.36. The number of hydrogen-bond acceptors (Lipinski definition) is 3. The van der Waals surface area contributed by atoms with Crippen molar-refractivity contribution in [3.63, 3.8) is 0 Å². The van der Waals surface area contributed by atoms with E-state index < -0.39 is 11.3 Å². The molecule has 5 aromatic carbocycles. The third-order valence-electron chi connectivity index (χ3n) is 5.25. The van der Waals surface area contributed by atoms with E-state index in [1.807, 2.05) is 42.5 Å². The Morgan fingerprint density at radius 2 is 1.24 bits per heavy atom. The first kappa shape index (κ1) is 12.9. The summed E-state index contributed by atoms with van der Waals surface area (Å²) in [5.74, 6) is 0. The van der Waals surface area contributed by atoms with Gasteiger partial charge in [0.2, 0.25) is 0 Å². The molecule has 6 rings (SSSR count). The molecule has 25 heavy (non-hydrogen) atoms. The summed E-state index contributed by atoms with van der Waals surface area (Å²) in [5.41, 5.74) is -1.11. The molecule has 0 spiro atoms. The topological polar surface area (TPSA) is 47.3 Å². The van der Waals surface area contributed by atoms with Crippen LogP contribution in [-0.4, -0.2) is 0 Å². The molecule has 0 fully saturated rings. The second kappa shape index (κ2) is 4.14. The van der Waals surface area contributed by atoms with Crippen molar-refractivity contribution >= 4 is 53.9 Å². The maximum atomic E-state index is 12.4. The van der Waals surface area contributed by atoms with Crippen molar-refractivity contribution in [2.75, 3.05) is 0 Å². The molecule has 0 bridgehead atoms. The average molecular weight is 322 g/mol. The minimum absolute atomic E-state index is 0.394. The van der Waals surface area contributed by atoms with Crippen LogP contribution >= 0.6 is 0 Å². The summed E-state index contributed by atoms with van der Waals surface area (Å²) < 4.78 is 4.96. The minimum Gasteiger partial charge on any atom is -0.386 e. The lowest BCUT2D eigenvalue weighted by atomic mass is 9.88. The van der Waals surface area contributed by atoms with Crippen LogP contribution in [0.15, 0.2) is 74.7 Å². The molecule has 0 saturated heterocycles. The van der Waals surface area contributed by atoms with E-state index in [9.17, 15) is 9.59 Å². The Hall–Kier alpha value is -3.46. The van der Waals surface area contributed by atoms with E-state index >= 15 is 0 Å². The molecule has 0 saturated carbocycles. The molecule has 0 atom stereocenters. The number of furan rings is 1. The van der Waals surface area contributed by atoms with E-state index in [4.69, 9.17) is 4.42 Å². The van der Waals surface area contributed by atoms with Gasteiger partial charge in [0.15, 0.2) is 0 Å². The van der Waals surface area contributed by atoms with E-state index in [1.54, 1.807) is 0 Å². The van der Waals surface area contributed by atoms with Gasteiger partial charge in [0.05, 0.1) is 10.8 Å². The highest BCUT2D eigenvalue weighted by Crippen LogP contribution is 2.41. The van der Waals surface area contributed by atoms with Crippen molar-refractivity contribution in [2.24, 2.45) is 0 Å². The average Bonchev–Trinajstić information content (AvgIpc) is 2.94. The Bertz CT molecular complexity index is 1570. The van der Waals surface area contributed by atoms with Crippen LogP contribution in [-0.2, 0) is 0 Å². The van der Waals surface area contributed by atoms with Gasteiger partial charge in [-0.05, 0) is 49.2 Å². The van der Waals surface area contributed by atoms with Gasteiger partial charge in [0, 0.05) is 0 Å². The second-order valence-electron chi connectivity index (χ2n) is 6.46. The molecule has 0 amide bonds. The van der Waals surface area contributed by atoms with Crippen LogP contribution in [0.3, 0.4) is 0 Å². The normalized spacial score (nSPS) is 12.3. The summed E-state index contributed by atoms with van der Waals surface area (Å²) in [6.07, 6.45) is 0. The molecular formula is C22H10O3. The predicted molar refractivity (Wildman–Crippen MR) is 101 cm³/mol. The first-order valence-corrected chi connectivity index (χ1v) is 8.13. The van der Waals surface area contributed by atoms with Crippen LogP contribution < -0.4 is 11.3 Å². The molecule has 0 unspecified atom stereocenters. The monoisotopic (exact) mass is 322 g/mol. The first-order valence-electron chi connectivity index (χ1n) is 8.13. The van der Waals surface area contributed by atoms with Crippen molar-refractivity contribution in [3.8, 4) is 0 Å². The van der Waals surface area contributed by atoms with Crippen LogP contribution in [0.25, 0.3) is 53.9 Å². The van der Waals surface area contributed by atoms with Gasteiger partial charge in [-0.15, -0.1) is 0 Å². The zero-order chi connectivity index (χ0) is 16.7. The molecule has 0 aliphatic carbocycles. The van der Waals surface area contributed by atoms with E-state index in [0.29, 0.717) is 10.8 Å². The van der Waals surface area contributed by atoms with Crippen LogP contribution in [0.1, 0.15) is 0 Å². The molecule has 1 heterocycles. The molecule has 116 valence electrons. The number of rotatable bonds is 0. The van der Waals surface area contributed by atoms with Gasteiger partial charge in [-0.25, -0.2) is 9.59 Å². The van der Waals surface area contributed by atoms with Crippen molar-refractivity contribution in [1.82, 2.24) is 0 Å². The van der Waals surface area contributed by atoms with Gasteiger partial charge >= 0.3 is 11.3 Å². The summed E-state index contributed by atoms with van der Waals surface area (Å²) >= 11 is 0. The van der Waals surface area contributed by atoms with Crippen LogP contribution in [0.5, 0.6) is 0 Å². The van der Waals surface area contributed by atoms with Crippen LogP contribution in [0.2, 0.25) is 0 Å². The molecule has 6 aromatic rings. The summed E-state index contributed by atoms with van der Waals surface area (Å²) in [4.78, 5) is 24.8. The molecule has 3 heteroatoms. The highest BCUT2D eigenvalue weighted by Gasteiger charge is 2.20. The Morgan fingerprint density at radius 1 is 0.520 bits per heavy atom. The molecule has 0 radical (unpaired) electrons. The largest absolute Gasteiger partial charge is 0.386 e. The van der Waals surface area contributed by atoms with Gasteiger partial charge in [0.1, 0.15) is 0 Å². The fourth-order valence-corrected chi connectivity index (χ4v) is 4.26. The Morgan fingerprint density at radius 3 is 2.12 bits per heavy atom. The van der Waals surface area contributed by atoms with Crippen molar-refractivity contribution in [3.05, 3.63) is 81.5 Å². The zero-order valence-corrected chi connectivity index (χ0v) is 13.0. The van der Waals surface area contributed by atoms with E-state index in [2.05, 4.69) is 18.2 Å². The summed E-state index contributed by atoms with van der Waals surface area (Å²) in [6.45, 7) is 0. The summed E-state index contributed by atoms with van der Waals surface area (Å²) in [7, 11) is 0. The fraction of sp³-hybridized carbons (Fsp3) is 0. The number of hydrogen-bond donors (Lipinski definition) is 0. The van der Waals surface area contributed by atoms with Crippen molar-refractivity contribution in [1.29, 1.82) is 0 Å². The van der Waals surface area contributed by atoms with Gasteiger partial charge in [-0.1, -0.05) is 54.6 Å². The smallest absolute Gasteiger partial charge is 0.347 e. The summed E-state index contributed by atoms with van der Waals surface area (Å²) in [5, 5.41) is 8.75. The summed E-state index contributed by atoms with van der Waals surface area (Å²) in [6, 6.07) is 20.1. The molecular weight excluding hydrogens is 312 g/mol. The van der Waals surface area contributed by atoms with E-state index in [0.717, 1.165) is 43.1 Å². The third-order valence-corrected chi connectivity index (χ3v) is 5.25. The predicted octanol–water partition coefficient (Wildman–Crippen LogP) is 4.64. The van der Waals surface area contributed by atoms with Crippen LogP contribution in [0, 0.1) is 0 Å². The third kappa shape index (κ3) is 1.42. The van der Waals surface area contributed by atoms with Gasteiger partial charge < -0.3 is 4.42 Å². The van der Waals surface area contributed by atoms with Gasteiger partial charge in [0.25, 0.3) is 0 Å². The van der Waals surface area contributed by atoms with E-state index in [-0.39, 0.29) is 0 Å². The van der Waals surface area contributed by atoms with Gasteiger partial charge in [-0.3, -0.25) is 0 Å². The molecule has 0 aliphatic rings. The number of benzene rings is 5. The Balaban J connectivity index is 2.17. The Labute approximate surface area is 140 Å². The van der Waals surface area contributed by atoms with E-state index in [1.165, 1.54) is 0 Å². The zero-order valence-electron chi connectivity index (χ0n) is 13.0. The highest BCUT2D eigenvalue weighted by atomic mass is 16.4. The van der Waals surface area contributed by atoms with Crippen molar-refractivity contribution in [2.45, 2.75) is 0 Å². The molecule has 0 aliphatic heterocycles.